The number of methoxy groups -OCH3 is 1. The molecule has 0 aliphatic heterocycles. The zero-order chi connectivity index (χ0) is 24.3. The van der Waals surface area contributed by atoms with Crippen LogP contribution < -0.4 is 20.1 Å². The van der Waals surface area contributed by atoms with Gasteiger partial charge in [-0.1, -0.05) is 36.4 Å². The fourth-order valence-electron chi connectivity index (χ4n) is 7.32. The molecule has 0 unspecified atom stereocenters. The number of hydrogen-bond acceptors (Lipinski definition) is 4. The first-order valence-corrected chi connectivity index (χ1v) is 13.4. The van der Waals surface area contributed by atoms with Crippen molar-refractivity contribution in [3.05, 3.63) is 59.7 Å². The van der Waals surface area contributed by atoms with E-state index >= 15 is 0 Å². The van der Waals surface area contributed by atoms with Gasteiger partial charge in [0.25, 0.3) is 5.91 Å². The van der Waals surface area contributed by atoms with E-state index in [9.17, 15) is 4.79 Å². The van der Waals surface area contributed by atoms with Crippen LogP contribution in [0.3, 0.4) is 0 Å². The van der Waals surface area contributed by atoms with Gasteiger partial charge in [0, 0.05) is 19.1 Å². The highest BCUT2D eigenvalue weighted by molar-refractivity contribution is 5.77. The molecule has 6 rings (SSSR count). The Hall–Kier alpha value is -2.53. The molecule has 0 aromatic heterocycles. The van der Waals surface area contributed by atoms with Crippen LogP contribution in [0.1, 0.15) is 56.6 Å². The number of rotatable bonds is 11. The Bertz CT molecular complexity index is 971. The molecule has 0 saturated heterocycles. The highest BCUT2D eigenvalue weighted by Crippen LogP contribution is 2.61. The summed E-state index contributed by atoms with van der Waals surface area (Å²) in [6.07, 6.45) is 9.49. The van der Waals surface area contributed by atoms with Crippen molar-refractivity contribution in [1.29, 1.82) is 0 Å². The number of nitrogens with one attached hydrogen (secondary N) is 2. The summed E-state index contributed by atoms with van der Waals surface area (Å²) in [5.41, 5.74) is 2.88. The Morgan fingerprint density at radius 3 is 2.31 bits per heavy atom. The second kappa shape index (κ2) is 10.6. The molecular formula is C30H40N2O3. The number of carbonyl (C=O) groups excluding carboxylic acids is 1. The molecule has 5 heteroatoms. The second-order valence-electron chi connectivity index (χ2n) is 11.2. The first-order chi connectivity index (χ1) is 17.0. The molecule has 0 heterocycles. The molecule has 4 aliphatic carbocycles. The van der Waals surface area contributed by atoms with E-state index in [1.165, 1.54) is 49.7 Å². The van der Waals surface area contributed by atoms with Gasteiger partial charge in [-0.2, -0.15) is 0 Å². The lowest BCUT2D eigenvalue weighted by atomic mass is 9.48. The van der Waals surface area contributed by atoms with Gasteiger partial charge >= 0.3 is 0 Å². The number of ether oxygens (including phenoxy) is 2. The van der Waals surface area contributed by atoms with Crippen LogP contribution in [0, 0.1) is 23.2 Å². The molecule has 4 aliphatic rings. The van der Waals surface area contributed by atoms with Gasteiger partial charge in [0.05, 0.1) is 7.11 Å². The van der Waals surface area contributed by atoms with E-state index < -0.39 is 0 Å². The van der Waals surface area contributed by atoms with Crippen LogP contribution in [0.4, 0.5) is 0 Å². The SMILES string of the molecule is COc1cc(CN[C@@H](C)C23CC4CC(CC(C4)C2)C3)ccc1OCC(=O)NCCc1ccccc1. The summed E-state index contributed by atoms with van der Waals surface area (Å²) in [7, 11) is 1.65. The standard InChI is InChI=1S/C30H40N2O3/c1-21(30-16-24-12-25(17-30)14-26(13-24)18-30)32-19-23-8-9-27(28(15-23)34-2)35-20-29(33)31-11-10-22-6-4-3-5-7-22/h3-9,15,21,24-26,32H,10-14,16-20H2,1-2H3,(H,31,33)/t21-,24?,25?,26?,30?/m0/s1. The molecule has 5 nitrogen and oxygen atoms in total. The number of amides is 1. The van der Waals surface area contributed by atoms with Gasteiger partial charge in [0.1, 0.15) is 0 Å². The van der Waals surface area contributed by atoms with Crippen molar-refractivity contribution in [3.63, 3.8) is 0 Å². The van der Waals surface area contributed by atoms with E-state index in [4.69, 9.17) is 9.47 Å². The van der Waals surface area contributed by atoms with Gasteiger partial charge in [-0.15, -0.1) is 0 Å². The summed E-state index contributed by atoms with van der Waals surface area (Å²) in [4.78, 5) is 12.2. The lowest BCUT2D eigenvalue weighted by Gasteiger charge is -2.59. The zero-order valence-electron chi connectivity index (χ0n) is 21.2. The van der Waals surface area contributed by atoms with Gasteiger partial charge in [-0.05, 0) is 98.3 Å². The molecule has 2 N–H and O–H groups in total. The van der Waals surface area contributed by atoms with Gasteiger partial charge in [0.15, 0.2) is 18.1 Å². The largest absolute Gasteiger partial charge is 0.493 e. The fraction of sp³-hybridized carbons (Fsp3) is 0.567. The van der Waals surface area contributed by atoms with E-state index in [1.807, 2.05) is 30.3 Å². The lowest BCUT2D eigenvalue weighted by molar-refractivity contribution is -0.123. The molecule has 35 heavy (non-hydrogen) atoms. The average Bonchev–Trinajstić information content (AvgIpc) is 2.86. The minimum Gasteiger partial charge on any atom is -0.493 e. The monoisotopic (exact) mass is 476 g/mol. The Labute approximate surface area is 210 Å². The van der Waals surface area contributed by atoms with E-state index in [2.05, 4.69) is 35.8 Å². The summed E-state index contributed by atoms with van der Waals surface area (Å²) >= 11 is 0. The molecule has 2 aromatic carbocycles. The highest BCUT2D eigenvalue weighted by Gasteiger charge is 2.52. The van der Waals surface area contributed by atoms with Crippen LogP contribution >= 0.6 is 0 Å². The van der Waals surface area contributed by atoms with Crippen molar-refractivity contribution >= 4 is 5.91 Å². The summed E-state index contributed by atoms with van der Waals surface area (Å²) in [6.45, 7) is 3.79. The molecule has 1 atom stereocenters. The number of hydrogen-bond donors (Lipinski definition) is 2. The normalized spacial score (nSPS) is 27.4. The van der Waals surface area contributed by atoms with Crippen molar-refractivity contribution in [3.8, 4) is 11.5 Å². The Kier molecular flexibility index (Phi) is 7.33. The third-order valence-electron chi connectivity index (χ3n) is 8.78. The van der Waals surface area contributed by atoms with Gasteiger partial charge in [-0.25, -0.2) is 0 Å². The van der Waals surface area contributed by atoms with Crippen molar-refractivity contribution in [1.82, 2.24) is 10.6 Å². The fourth-order valence-corrected chi connectivity index (χ4v) is 7.32. The summed E-state index contributed by atoms with van der Waals surface area (Å²) in [6, 6.07) is 16.7. The maximum absolute atomic E-state index is 12.2. The third-order valence-corrected chi connectivity index (χ3v) is 8.78. The molecule has 4 saturated carbocycles. The molecule has 188 valence electrons. The average molecular weight is 477 g/mol. The van der Waals surface area contributed by atoms with Crippen LogP contribution in [0.5, 0.6) is 11.5 Å². The Morgan fingerprint density at radius 2 is 1.66 bits per heavy atom. The first kappa shape index (κ1) is 24.2. The van der Waals surface area contributed by atoms with Crippen LogP contribution in [-0.2, 0) is 17.8 Å². The maximum atomic E-state index is 12.2. The van der Waals surface area contributed by atoms with E-state index in [-0.39, 0.29) is 12.5 Å². The summed E-state index contributed by atoms with van der Waals surface area (Å²) in [5.74, 6) is 4.05. The molecule has 4 fully saturated rings. The quantitative estimate of drug-likeness (QED) is 0.472. The van der Waals surface area contributed by atoms with Gasteiger partial charge < -0.3 is 20.1 Å². The van der Waals surface area contributed by atoms with Crippen molar-refractivity contribution < 1.29 is 14.3 Å². The molecule has 0 spiro atoms. The highest BCUT2D eigenvalue weighted by atomic mass is 16.5. The summed E-state index contributed by atoms with van der Waals surface area (Å²) < 4.78 is 11.4. The molecule has 4 bridgehead atoms. The van der Waals surface area contributed by atoms with E-state index in [0.717, 1.165) is 30.7 Å². The minimum absolute atomic E-state index is 0.0220. The van der Waals surface area contributed by atoms with Gasteiger partial charge in [0.2, 0.25) is 0 Å². The van der Waals surface area contributed by atoms with E-state index in [1.54, 1.807) is 7.11 Å². The first-order valence-electron chi connectivity index (χ1n) is 13.4. The zero-order valence-corrected chi connectivity index (χ0v) is 21.2. The predicted molar refractivity (Wildman–Crippen MR) is 139 cm³/mol. The van der Waals surface area contributed by atoms with Crippen molar-refractivity contribution in [2.75, 3.05) is 20.3 Å². The lowest BCUT2D eigenvalue weighted by Crippen LogP contribution is -2.54. The molecule has 0 radical (unpaired) electrons. The van der Waals surface area contributed by atoms with Gasteiger partial charge in [-0.3, -0.25) is 4.79 Å². The maximum Gasteiger partial charge on any atom is 0.257 e. The van der Waals surface area contributed by atoms with Crippen LogP contribution in [-0.4, -0.2) is 32.2 Å². The molecular weight excluding hydrogens is 436 g/mol. The summed E-state index contributed by atoms with van der Waals surface area (Å²) in [5, 5.41) is 6.78. The van der Waals surface area contributed by atoms with Crippen molar-refractivity contribution in [2.45, 2.75) is 64.5 Å². The van der Waals surface area contributed by atoms with Crippen molar-refractivity contribution in [2.24, 2.45) is 23.2 Å². The molecule has 1 amide bonds. The number of benzene rings is 2. The predicted octanol–water partition coefficient (Wildman–Crippen LogP) is 5.13. The van der Waals surface area contributed by atoms with Crippen LogP contribution in [0.15, 0.2) is 48.5 Å². The minimum atomic E-state index is -0.127. The topological polar surface area (TPSA) is 59.6 Å². The van der Waals surface area contributed by atoms with E-state index in [0.29, 0.717) is 29.5 Å². The Morgan fingerprint density at radius 1 is 0.971 bits per heavy atom. The second-order valence-corrected chi connectivity index (χ2v) is 11.2. The third kappa shape index (κ3) is 5.66. The smallest absolute Gasteiger partial charge is 0.257 e. The Balaban J connectivity index is 1.10. The van der Waals surface area contributed by atoms with Crippen LogP contribution in [0.2, 0.25) is 0 Å². The van der Waals surface area contributed by atoms with Crippen LogP contribution in [0.25, 0.3) is 0 Å². The number of carbonyl (C=O) groups is 1. The molecule has 2 aromatic rings.